The zero-order valence-electron chi connectivity index (χ0n) is 12.4. The van der Waals surface area contributed by atoms with Crippen molar-refractivity contribution in [3.05, 3.63) is 0 Å². The number of hydrogen-bond acceptors (Lipinski definition) is 4. The second kappa shape index (κ2) is 5.21. The molecule has 3 aliphatic rings. The summed E-state index contributed by atoms with van der Waals surface area (Å²) in [5.41, 5.74) is 6.96. The van der Waals surface area contributed by atoms with Gasteiger partial charge in [-0.05, 0) is 31.6 Å². The van der Waals surface area contributed by atoms with E-state index in [-0.39, 0.29) is 11.0 Å². The molecule has 2 heterocycles. The standard InChI is InChI=1S/C15H28N2OS/c1-14(2)13-12(5-3-8-18-13)15(14,16)11-17-6-4-9-19-10-7-17/h12-13H,3-11,16H2,1-2H3. The molecule has 0 aromatic carbocycles. The van der Waals surface area contributed by atoms with Gasteiger partial charge in [0.1, 0.15) is 0 Å². The Balaban J connectivity index is 1.70. The van der Waals surface area contributed by atoms with Crippen molar-refractivity contribution < 1.29 is 4.74 Å². The number of ether oxygens (including phenoxy) is 1. The molecule has 3 atom stereocenters. The summed E-state index contributed by atoms with van der Waals surface area (Å²) in [6.45, 7) is 9.04. The van der Waals surface area contributed by atoms with Gasteiger partial charge in [-0.3, -0.25) is 0 Å². The number of thioether (sulfide) groups is 1. The van der Waals surface area contributed by atoms with Crippen LogP contribution in [0.5, 0.6) is 0 Å². The zero-order valence-corrected chi connectivity index (χ0v) is 13.2. The third-order valence-electron chi connectivity index (χ3n) is 5.70. The average molecular weight is 284 g/mol. The van der Waals surface area contributed by atoms with E-state index in [2.05, 4.69) is 30.5 Å². The molecular formula is C15H28N2OS. The molecule has 3 fully saturated rings. The third kappa shape index (κ3) is 2.25. The lowest BCUT2D eigenvalue weighted by Crippen LogP contribution is -2.80. The molecule has 0 amide bonds. The summed E-state index contributed by atoms with van der Waals surface area (Å²) in [5.74, 6) is 3.15. The fraction of sp³-hybridized carbons (Fsp3) is 1.00. The van der Waals surface area contributed by atoms with E-state index >= 15 is 0 Å². The summed E-state index contributed by atoms with van der Waals surface area (Å²) in [6.07, 6.45) is 4.15. The van der Waals surface area contributed by atoms with Crippen molar-refractivity contribution in [2.45, 2.75) is 44.8 Å². The first kappa shape index (κ1) is 14.2. The molecule has 3 nitrogen and oxygen atoms in total. The van der Waals surface area contributed by atoms with Gasteiger partial charge in [0.15, 0.2) is 0 Å². The maximum atomic E-state index is 6.89. The van der Waals surface area contributed by atoms with Crippen molar-refractivity contribution in [1.29, 1.82) is 0 Å². The first-order valence-corrected chi connectivity index (χ1v) is 8.92. The van der Waals surface area contributed by atoms with Gasteiger partial charge in [0, 0.05) is 42.3 Å². The Morgan fingerprint density at radius 2 is 2.11 bits per heavy atom. The molecule has 110 valence electrons. The molecule has 0 radical (unpaired) electrons. The highest BCUT2D eigenvalue weighted by Gasteiger charge is 2.66. The summed E-state index contributed by atoms with van der Waals surface area (Å²) in [4.78, 5) is 2.60. The van der Waals surface area contributed by atoms with Crippen LogP contribution in [-0.4, -0.2) is 54.3 Å². The molecule has 19 heavy (non-hydrogen) atoms. The fourth-order valence-corrected chi connectivity index (χ4v) is 5.24. The van der Waals surface area contributed by atoms with Gasteiger partial charge in [0.05, 0.1) is 6.10 Å². The molecule has 1 aliphatic carbocycles. The maximum absolute atomic E-state index is 6.89. The van der Waals surface area contributed by atoms with Gasteiger partial charge in [-0.1, -0.05) is 13.8 Å². The molecule has 0 aromatic rings. The SMILES string of the molecule is CC1(C)C2OCCCC2C1(N)CN1CCCSCC1. The summed E-state index contributed by atoms with van der Waals surface area (Å²) in [7, 11) is 0. The minimum absolute atomic E-state index is 0.0485. The van der Waals surface area contributed by atoms with Crippen LogP contribution in [0.15, 0.2) is 0 Å². The van der Waals surface area contributed by atoms with Crippen LogP contribution in [0.1, 0.15) is 33.1 Å². The minimum Gasteiger partial charge on any atom is -0.377 e. The lowest BCUT2D eigenvalue weighted by molar-refractivity contribution is -0.231. The Labute approximate surface area is 121 Å². The number of nitrogens with zero attached hydrogens (tertiary/aromatic N) is 1. The van der Waals surface area contributed by atoms with Gasteiger partial charge in [0.25, 0.3) is 0 Å². The van der Waals surface area contributed by atoms with E-state index in [4.69, 9.17) is 10.5 Å². The Kier molecular flexibility index (Phi) is 3.89. The molecule has 4 heteroatoms. The van der Waals surface area contributed by atoms with Crippen molar-refractivity contribution in [2.24, 2.45) is 17.1 Å². The monoisotopic (exact) mass is 284 g/mol. The van der Waals surface area contributed by atoms with Gasteiger partial charge in [-0.2, -0.15) is 11.8 Å². The second-order valence-electron chi connectivity index (χ2n) is 7.04. The zero-order chi connectivity index (χ0) is 13.5. The van der Waals surface area contributed by atoms with E-state index < -0.39 is 0 Å². The van der Waals surface area contributed by atoms with E-state index in [1.54, 1.807) is 0 Å². The predicted octanol–water partition coefficient (Wildman–Crippen LogP) is 1.96. The van der Waals surface area contributed by atoms with E-state index in [9.17, 15) is 0 Å². The smallest absolute Gasteiger partial charge is 0.0690 e. The molecule has 1 saturated carbocycles. The molecule has 3 rings (SSSR count). The Hall–Kier alpha value is 0.230. The predicted molar refractivity (Wildman–Crippen MR) is 81.5 cm³/mol. The maximum Gasteiger partial charge on any atom is 0.0690 e. The second-order valence-corrected chi connectivity index (χ2v) is 8.27. The summed E-state index contributed by atoms with van der Waals surface area (Å²) in [6, 6.07) is 0. The van der Waals surface area contributed by atoms with Gasteiger partial charge in [-0.15, -0.1) is 0 Å². The van der Waals surface area contributed by atoms with Crippen LogP contribution in [0, 0.1) is 11.3 Å². The van der Waals surface area contributed by atoms with Crippen LogP contribution in [0.4, 0.5) is 0 Å². The van der Waals surface area contributed by atoms with Crippen LogP contribution in [0.25, 0.3) is 0 Å². The minimum atomic E-state index is -0.0485. The Morgan fingerprint density at radius 1 is 1.26 bits per heavy atom. The van der Waals surface area contributed by atoms with Gasteiger partial charge in [-0.25, -0.2) is 0 Å². The summed E-state index contributed by atoms with van der Waals surface area (Å²) < 4.78 is 6.00. The molecule has 0 spiro atoms. The van der Waals surface area contributed by atoms with Gasteiger partial charge >= 0.3 is 0 Å². The van der Waals surface area contributed by atoms with E-state index in [1.165, 1.54) is 43.9 Å². The van der Waals surface area contributed by atoms with Crippen molar-refractivity contribution in [1.82, 2.24) is 4.90 Å². The first-order chi connectivity index (χ1) is 9.06. The highest BCUT2D eigenvalue weighted by Crippen LogP contribution is 2.57. The number of hydrogen-bond donors (Lipinski definition) is 1. The fourth-order valence-electron chi connectivity index (χ4n) is 4.31. The van der Waals surface area contributed by atoms with E-state index in [0.29, 0.717) is 12.0 Å². The topological polar surface area (TPSA) is 38.5 Å². The lowest BCUT2D eigenvalue weighted by atomic mass is 9.46. The molecule has 2 saturated heterocycles. The molecule has 3 unspecified atom stereocenters. The van der Waals surface area contributed by atoms with Crippen LogP contribution < -0.4 is 5.73 Å². The molecule has 0 bridgehead atoms. The molecular weight excluding hydrogens is 256 g/mol. The van der Waals surface area contributed by atoms with E-state index in [0.717, 1.165) is 13.2 Å². The van der Waals surface area contributed by atoms with Crippen molar-refractivity contribution in [2.75, 3.05) is 37.7 Å². The Morgan fingerprint density at radius 3 is 2.95 bits per heavy atom. The number of fused-ring (bicyclic) bond motifs is 1. The molecule has 2 aliphatic heterocycles. The highest BCUT2D eigenvalue weighted by atomic mass is 32.2. The normalized spacial score (nSPS) is 43.1. The van der Waals surface area contributed by atoms with Gasteiger partial charge < -0.3 is 15.4 Å². The van der Waals surface area contributed by atoms with Gasteiger partial charge in [0.2, 0.25) is 0 Å². The number of rotatable bonds is 2. The van der Waals surface area contributed by atoms with Crippen molar-refractivity contribution in [3.8, 4) is 0 Å². The lowest BCUT2D eigenvalue weighted by Gasteiger charge is -2.67. The third-order valence-corrected chi connectivity index (χ3v) is 6.74. The number of nitrogens with two attached hydrogens (primary N) is 1. The van der Waals surface area contributed by atoms with Crippen molar-refractivity contribution >= 4 is 11.8 Å². The van der Waals surface area contributed by atoms with E-state index in [1.807, 2.05) is 0 Å². The summed E-state index contributed by atoms with van der Waals surface area (Å²) in [5, 5.41) is 0. The molecule has 0 aromatic heterocycles. The Bertz CT molecular complexity index is 328. The van der Waals surface area contributed by atoms with Crippen LogP contribution in [0.3, 0.4) is 0 Å². The molecule has 2 N–H and O–H groups in total. The van der Waals surface area contributed by atoms with Crippen molar-refractivity contribution in [3.63, 3.8) is 0 Å². The quantitative estimate of drug-likeness (QED) is 0.841. The average Bonchev–Trinajstić information content (AvgIpc) is 2.67. The highest BCUT2D eigenvalue weighted by molar-refractivity contribution is 7.99. The van der Waals surface area contributed by atoms with Crippen LogP contribution in [0.2, 0.25) is 0 Å². The largest absolute Gasteiger partial charge is 0.377 e. The first-order valence-electron chi connectivity index (χ1n) is 7.76. The summed E-state index contributed by atoms with van der Waals surface area (Å²) >= 11 is 2.09. The van der Waals surface area contributed by atoms with Crippen LogP contribution >= 0.6 is 11.8 Å². The van der Waals surface area contributed by atoms with Crippen LogP contribution in [-0.2, 0) is 4.74 Å².